The second-order valence-corrected chi connectivity index (χ2v) is 12.7. The van der Waals surface area contributed by atoms with Crippen LogP contribution in [0, 0.1) is 0 Å². The quantitative estimate of drug-likeness (QED) is 0.127. The first-order valence-electron chi connectivity index (χ1n) is 16.2. The third kappa shape index (κ3) is 9.19. The topological polar surface area (TPSA) is 38.1 Å². The number of para-hydroxylation sites is 2. The van der Waals surface area contributed by atoms with Gasteiger partial charge in [-0.1, -0.05) is 131 Å². The fourth-order valence-electron chi connectivity index (χ4n) is 6.21. The predicted molar refractivity (Wildman–Crippen MR) is 173 cm³/mol. The van der Waals surface area contributed by atoms with Crippen LogP contribution >= 0.6 is 15.9 Å². The number of unbranched alkanes of at least 4 members (excludes halogenated alkanes) is 15. The van der Waals surface area contributed by atoms with E-state index < -0.39 is 0 Å². The van der Waals surface area contributed by atoms with Crippen molar-refractivity contribution in [3.05, 3.63) is 58.8 Å². The molecule has 4 nitrogen and oxygen atoms in total. The van der Waals surface area contributed by atoms with Crippen LogP contribution in [-0.4, -0.2) is 22.0 Å². The molecule has 1 atom stereocenters. The Bertz CT molecular complexity index is 1160. The van der Waals surface area contributed by atoms with Gasteiger partial charge in [0.2, 0.25) is 5.91 Å². The highest BCUT2D eigenvalue weighted by atomic mass is 79.9. The minimum absolute atomic E-state index is 0.129. The number of hydrogen-bond donors (Lipinski definition) is 0. The molecule has 1 aliphatic rings. The zero-order chi connectivity index (χ0) is 28.0. The number of anilines is 1. The van der Waals surface area contributed by atoms with Crippen molar-refractivity contribution >= 4 is 38.6 Å². The molecule has 4 rings (SSSR count). The Balaban J connectivity index is 1.16. The summed E-state index contributed by atoms with van der Waals surface area (Å²) in [5.74, 6) is 1.40. The van der Waals surface area contributed by atoms with Crippen molar-refractivity contribution < 1.29 is 4.79 Å². The first-order chi connectivity index (χ1) is 19.7. The van der Waals surface area contributed by atoms with Crippen molar-refractivity contribution in [1.29, 1.82) is 0 Å². The van der Waals surface area contributed by atoms with Gasteiger partial charge in [0.15, 0.2) is 0 Å². The molecular weight excluding hydrogens is 558 g/mol. The summed E-state index contributed by atoms with van der Waals surface area (Å²) in [6, 6.07) is 16.5. The summed E-state index contributed by atoms with van der Waals surface area (Å²) in [7, 11) is 0. The van der Waals surface area contributed by atoms with Crippen LogP contribution in [0.1, 0.15) is 128 Å². The number of imidazole rings is 1. The van der Waals surface area contributed by atoms with Crippen LogP contribution in [0.4, 0.5) is 5.69 Å². The maximum atomic E-state index is 13.0. The van der Waals surface area contributed by atoms with Gasteiger partial charge >= 0.3 is 0 Å². The van der Waals surface area contributed by atoms with Crippen LogP contribution in [0.2, 0.25) is 0 Å². The van der Waals surface area contributed by atoms with E-state index in [2.05, 4.69) is 51.7 Å². The molecule has 40 heavy (non-hydrogen) atoms. The van der Waals surface area contributed by atoms with Gasteiger partial charge in [0.05, 0.1) is 11.0 Å². The van der Waals surface area contributed by atoms with Crippen LogP contribution in [0.5, 0.6) is 0 Å². The molecule has 0 radical (unpaired) electrons. The van der Waals surface area contributed by atoms with Crippen molar-refractivity contribution in [2.75, 3.05) is 11.4 Å². The summed E-state index contributed by atoms with van der Waals surface area (Å²) in [6.07, 6.45) is 22.6. The molecule has 5 heteroatoms. The van der Waals surface area contributed by atoms with Gasteiger partial charge in [-0.3, -0.25) is 4.79 Å². The molecule has 1 fully saturated rings. The highest BCUT2D eigenvalue weighted by Crippen LogP contribution is 2.34. The van der Waals surface area contributed by atoms with Crippen molar-refractivity contribution in [2.24, 2.45) is 0 Å². The van der Waals surface area contributed by atoms with E-state index in [1.807, 2.05) is 29.2 Å². The molecule has 218 valence electrons. The third-order valence-electron chi connectivity index (χ3n) is 8.55. The summed E-state index contributed by atoms with van der Waals surface area (Å²) in [5, 5.41) is 0. The summed E-state index contributed by atoms with van der Waals surface area (Å²) >= 11 is 3.50. The molecule has 1 aliphatic heterocycles. The molecule has 2 heterocycles. The molecule has 1 saturated heterocycles. The lowest BCUT2D eigenvalue weighted by atomic mass is 10.0. The highest BCUT2D eigenvalue weighted by molar-refractivity contribution is 9.10. The number of aromatic nitrogens is 2. The SMILES string of the molecule is CCCCCCCCCCCCCCCCCCn1c(C2CC(=O)N(c3ccc(Br)cc3)C2)nc2ccccc21. The normalized spacial score (nSPS) is 15.5. The van der Waals surface area contributed by atoms with Gasteiger partial charge in [-0.15, -0.1) is 0 Å². The zero-order valence-corrected chi connectivity index (χ0v) is 26.3. The fraction of sp³-hybridized carbons (Fsp3) is 0.600. The Morgan fingerprint density at radius 2 is 1.30 bits per heavy atom. The Hall–Kier alpha value is -2.14. The maximum absolute atomic E-state index is 13.0. The molecule has 0 aliphatic carbocycles. The molecule has 1 unspecified atom stereocenters. The molecule has 2 aromatic carbocycles. The van der Waals surface area contributed by atoms with Gasteiger partial charge in [0.1, 0.15) is 5.82 Å². The van der Waals surface area contributed by atoms with E-state index in [9.17, 15) is 4.79 Å². The van der Waals surface area contributed by atoms with E-state index in [-0.39, 0.29) is 11.8 Å². The number of amides is 1. The van der Waals surface area contributed by atoms with Crippen LogP contribution < -0.4 is 4.90 Å². The Labute approximate surface area is 251 Å². The Morgan fingerprint density at radius 3 is 1.90 bits per heavy atom. The summed E-state index contributed by atoms with van der Waals surface area (Å²) in [5.41, 5.74) is 3.22. The summed E-state index contributed by atoms with van der Waals surface area (Å²) < 4.78 is 3.43. The number of carbonyl (C=O) groups excluding carboxylic acids is 1. The first-order valence-corrected chi connectivity index (χ1v) is 17.0. The molecular formula is C35H50BrN3O. The lowest BCUT2D eigenvalue weighted by Crippen LogP contribution is -2.24. The molecule has 0 bridgehead atoms. The second-order valence-electron chi connectivity index (χ2n) is 11.8. The van der Waals surface area contributed by atoms with E-state index in [1.54, 1.807) is 0 Å². The van der Waals surface area contributed by atoms with Crippen molar-refractivity contribution in [3.8, 4) is 0 Å². The van der Waals surface area contributed by atoms with Crippen LogP contribution in [0.3, 0.4) is 0 Å². The average molecular weight is 609 g/mol. The molecule has 0 spiro atoms. The largest absolute Gasteiger partial charge is 0.328 e. The monoisotopic (exact) mass is 607 g/mol. The fourth-order valence-corrected chi connectivity index (χ4v) is 6.47. The van der Waals surface area contributed by atoms with E-state index in [1.165, 1.54) is 108 Å². The molecule has 0 N–H and O–H groups in total. The standard InChI is InChI=1S/C35H50BrN3O/c1-2-3-4-5-6-7-8-9-10-11-12-13-14-15-16-19-26-38-33-21-18-17-20-32(33)37-35(38)29-27-34(40)39(28-29)31-24-22-30(36)23-25-31/h17-18,20-25,29H,2-16,19,26-28H2,1H3. The first kappa shape index (κ1) is 30.8. The number of hydrogen-bond acceptors (Lipinski definition) is 2. The van der Waals surface area contributed by atoms with E-state index in [0.29, 0.717) is 13.0 Å². The lowest BCUT2D eigenvalue weighted by molar-refractivity contribution is -0.117. The number of carbonyl (C=O) groups is 1. The number of nitrogens with zero attached hydrogens (tertiary/aromatic N) is 3. The van der Waals surface area contributed by atoms with Crippen LogP contribution in [0.15, 0.2) is 53.0 Å². The Morgan fingerprint density at radius 1 is 0.750 bits per heavy atom. The van der Waals surface area contributed by atoms with Crippen molar-refractivity contribution in [3.63, 3.8) is 0 Å². The number of benzene rings is 2. The van der Waals surface area contributed by atoms with Crippen molar-refractivity contribution in [2.45, 2.75) is 129 Å². The molecule has 1 amide bonds. The van der Waals surface area contributed by atoms with Gasteiger partial charge < -0.3 is 9.47 Å². The Kier molecular flexibility index (Phi) is 13.1. The predicted octanol–water partition coefficient (Wildman–Crippen LogP) is 10.6. The van der Waals surface area contributed by atoms with Crippen LogP contribution in [-0.2, 0) is 11.3 Å². The van der Waals surface area contributed by atoms with Gasteiger partial charge in [-0.05, 0) is 42.8 Å². The third-order valence-corrected chi connectivity index (χ3v) is 9.08. The van der Waals surface area contributed by atoms with E-state index >= 15 is 0 Å². The van der Waals surface area contributed by atoms with Gasteiger partial charge in [0.25, 0.3) is 0 Å². The van der Waals surface area contributed by atoms with Gasteiger partial charge in [0, 0.05) is 35.6 Å². The smallest absolute Gasteiger partial charge is 0.227 e. The summed E-state index contributed by atoms with van der Waals surface area (Å²) in [4.78, 5) is 19.9. The minimum atomic E-state index is 0.129. The number of rotatable bonds is 19. The molecule has 0 saturated carbocycles. The van der Waals surface area contributed by atoms with Gasteiger partial charge in [-0.2, -0.15) is 0 Å². The van der Waals surface area contributed by atoms with E-state index in [4.69, 9.17) is 4.98 Å². The van der Waals surface area contributed by atoms with Crippen molar-refractivity contribution in [1.82, 2.24) is 9.55 Å². The summed E-state index contributed by atoms with van der Waals surface area (Å²) in [6.45, 7) is 3.97. The minimum Gasteiger partial charge on any atom is -0.328 e. The second kappa shape index (κ2) is 17.0. The molecule has 1 aromatic heterocycles. The number of aryl methyl sites for hydroxylation is 1. The zero-order valence-electron chi connectivity index (χ0n) is 24.8. The van der Waals surface area contributed by atoms with E-state index in [0.717, 1.165) is 28.0 Å². The molecule has 3 aromatic rings. The number of fused-ring (bicyclic) bond motifs is 1. The van der Waals surface area contributed by atoms with Crippen LogP contribution in [0.25, 0.3) is 11.0 Å². The maximum Gasteiger partial charge on any atom is 0.227 e. The highest BCUT2D eigenvalue weighted by Gasteiger charge is 2.34. The van der Waals surface area contributed by atoms with Gasteiger partial charge in [-0.25, -0.2) is 4.98 Å². The lowest BCUT2D eigenvalue weighted by Gasteiger charge is -2.17. The average Bonchev–Trinajstić information content (AvgIpc) is 3.53. The number of halogens is 1.